The topological polar surface area (TPSA) is 50.8 Å². The van der Waals surface area contributed by atoms with Crippen molar-refractivity contribution in [3.8, 4) is 11.5 Å². The number of methoxy groups -OCH3 is 1. The second-order valence-electron chi connectivity index (χ2n) is 8.36. The van der Waals surface area contributed by atoms with Gasteiger partial charge in [-0.15, -0.1) is 0 Å². The third kappa shape index (κ3) is 5.76. The zero-order valence-corrected chi connectivity index (χ0v) is 18.6. The van der Waals surface area contributed by atoms with Crippen molar-refractivity contribution < 1.29 is 14.3 Å². The van der Waals surface area contributed by atoms with Crippen LogP contribution in [0.5, 0.6) is 11.5 Å². The van der Waals surface area contributed by atoms with E-state index in [1.807, 2.05) is 50.2 Å². The van der Waals surface area contributed by atoms with Gasteiger partial charge in [-0.25, -0.2) is 0 Å². The fourth-order valence-corrected chi connectivity index (χ4v) is 4.30. The first-order chi connectivity index (χ1) is 14.5. The molecule has 5 heteroatoms. The van der Waals surface area contributed by atoms with Gasteiger partial charge in [-0.3, -0.25) is 9.69 Å². The number of nitrogens with zero attached hydrogens (tertiary/aromatic N) is 1. The minimum atomic E-state index is 0.0384. The number of ether oxygens (including phenoxy) is 2. The van der Waals surface area contributed by atoms with Crippen molar-refractivity contribution in [1.29, 1.82) is 0 Å². The quantitative estimate of drug-likeness (QED) is 0.708. The third-order valence-corrected chi connectivity index (χ3v) is 5.71. The number of rotatable bonds is 8. The lowest BCUT2D eigenvalue weighted by atomic mass is 9.85. The fourth-order valence-electron chi connectivity index (χ4n) is 4.30. The number of carbonyl (C=O) groups is 1. The number of amides is 1. The van der Waals surface area contributed by atoms with Crippen LogP contribution >= 0.6 is 0 Å². The SMILES string of the molecule is COc1ccc(C2C(CNC(=O)Cc3ccccc3OC(C)C)CCCN2C)cc1. The molecular weight excluding hydrogens is 376 g/mol. The van der Waals surface area contributed by atoms with Crippen LogP contribution in [0.3, 0.4) is 0 Å². The Bertz CT molecular complexity index is 819. The lowest BCUT2D eigenvalue weighted by Crippen LogP contribution is -2.42. The molecule has 1 saturated heterocycles. The Morgan fingerprint density at radius 2 is 1.90 bits per heavy atom. The van der Waals surface area contributed by atoms with E-state index in [2.05, 4.69) is 29.4 Å². The summed E-state index contributed by atoms with van der Waals surface area (Å²) in [7, 11) is 3.85. The fraction of sp³-hybridized carbons (Fsp3) is 0.480. The molecule has 2 aromatic carbocycles. The lowest BCUT2D eigenvalue weighted by molar-refractivity contribution is -0.120. The molecule has 1 fully saturated rings. The Kier molecular flexibility index (Phi) is 7.75. The molecule has 2 unspecified atom stereocenters. The average molecular weight is 411 g/mol. The Labute approximate surface area is 180 Å². The number of piperidine rings is 1. The molecule has 2 atom stereocenters. The highest BCUT2D eigenvalue weighted by Gasteiger charge is 2.30. The predicted octanol–water partition coefficient (Wildman–Crippen LogP) is 4.22. The van der Waals surface area contributed by atoms with Crippen LogP contribution in [0.1, 0.15) is 43.9 Å². The average Bonchev–Trinajstić information content (AvgIpc) is 2.73. The van der Waals surface area contributed by atoms with Crippen LogP contribution in [-0.4, -0.2) is 44.2 Å². The molecule has 5 nitrogen and oxygen atoms in total. The highest BCUT2D eigenvalue weighted by atomic mass is 16.5. The molecule has 0 aliphatic carbocycles. The summed E-state index contributed by atoms with van der Waals surface area (Å²) < 4.78 is 11.2. The van der Waals surface area contributed by atoms with E-state index in [9.17, 15) is 4.79 Å². The molecule has 0 aromatic heterocycles. The minimum absolute atomic E-state index is 0.0384. The molecule has 1 aliphatic heterocycles. The van der Waals surface area contributed by atoms with Crippen molar-refractivity contribution in [3.63, 3.8) is 0 Å². The van der Waals surface area contributed by atoms with Crippen LogP contribution in [0.2, 0.25) is 0 Å². The van der Waals surface area contributed by atoms with Crippen molar-refractivity contribution in [2.45, 2.75) is 45.3 Å². The molecule has 0 radical (unpaired) electrons. The summed E-state index contributed by atoms with van der Waals surface area (Å²) in [5.74, 6) is 2.07. The lowest BCUT2D eigenvalue weighted by Gasteiger charge is -2.39. The first-order valence-corrected chi connectivity index (χ1v) is 10.8. The number of para-hydroxylation sites is 1. The number of likely N-dealkylation sites (tertiary alicyclic amines) is 1. The maximum atomic E-state index is 12.7. The van der Waals surface area contributed by atoms with E-state index in [-0.39, 0.29) is 12.0 Å². The summed E-state index contributed by atoms with van der Waals surface area (Å²) in [6.07, 6.45) is 2.67. The molecule has 1 heterocycles. The third-order valence-electron chi connectivity index (χ3n) is 5.71. The molecule has 162 valence electrons. The Balaban J connectivity index is 1.63. The minimum Gasteiger partial charge on any atom is -0.497 e. The van der Waals surface area contributed by atoms with Gasteiger partial charge in [0.2, 0.25) is 5.91 Å². The Morgan fingerprint density at radius 1 is 1.17 bits per heavy atom. The van der Waals surface area contributed by atoms with Crippen LogP contribution in [0, 0.1) is 5.92 Å². The van der Waals surface area contributed by atoms with E-state index in [1.54, 1.807) is 7.11 Å². The smallest absolute Gasteiger partial charge is 0.224 e. The standard InChI is InChI=1S/C25H34N2O3/c1-18(2)30-23-10-6-5-8-20(23)16-24(28)26-17-21-9-7-15-27(3)25(21)19-11-13-22(29-4)14-12-19/h5-6,8,10-14,18,21,25H,7,9,15-17H2,1-4H3,(H,26,28). The molecule has 0 spiro atoms. The van der Waals surface area contributed by atoms with Crippen LogP contribution in [0.15, 0.2) is 48.5 Å². The van der Waals surface area contributed by atoms with Gasteiger partial charge in [-0.2, -0.15) is 0 Å². The number of nitrogens with one attached hydrogen (secondary N) is 1. The summed E-state index contributed by atoms with van der Waals surface area (Å²) in [6, 6.07) is 16.4. The van der Waals surface area contributed by atoms with Crippen molar-refractivity contribution in [3.05, 3.63) is 59.7 Å². The largest absolute Gasteiger partial charge is 0.497 e. The van der Waals surface area contributed by atoms with Gasteiger partial charge in [-0.1, -0.05) is 30.3 Å². The Morgan fingerprint density at radius 3 is 2.60 bits per heavy atom. The zero-order valence-electron chi connectivity index (χ0n) is 18.6. The second-order valence-corrected chi connectivity index (χ2v) is 8.36. The second kappa shape index (κ2) is 10.5. The molecule has 1 aliphatic rings. The van der Waals surface area contributed by atoms with E-state index in [4.69, 9.17) is 9.47 Å². The van der Waals surface area contributed by atoms with E-state index in [0.29, 0.717) is 24.9 Å². The first kappa shape index (κ1) is 22.2. The molecule has 0 saturated carbocycles. The number of benzene rings is 2. The molecule has 30 heavy (non-hydrogen) atoms. The molecule has 2 aromatic rings. The summed E-state index contributed by atoms with van der Waals surface area (Å²) in [4.78, 5) is 15.1. The summed E-state index contributed by atoms with van der Waals surface area (Å²) in [5, 5.41) is 3.18. The summed E-state index contributed by atoms with van der Waals surface area (Å²) >= 11 is 0. The van der Waals surface area contributed by atoms with E-state index in [1.165, 1.54) is 5.56 Å². The van der Waals surface area contributed by atoms with Gasteiger partial charge in [0.15, 0.2) is 0 Å². The van der Waals surface area contributed by atoms with Gasteiger partial charge in [0.05, 0.1) is 19.6 Å². The molecule has 1 amide bonds. The van der Waals surface area contributed by atoms with Crippen LogP contribution in [0.25, 0.3) is 0 Å². The number of carbonyl (C=O) groups excluding carboxylic acids is 1. The van der Waals surface area contributed by atoms with Gasteiger partial charge >= 0.3 is 0 Å². The maximum absolute atomic E-state index is 12.7. The molecular formula is C25H34N2O3. The van der Waals surface area contributed by atoms with Crippen molar-refractivity contribution in [2.75, 3.05) is 27.2 Å². The van der Waals surface area contributed by atoms with E-state index >= 15 is 0 Å². The van der Waals surface area contributed by atoms with Crippen LogP contribution in [-0.2, 0) is 11.2 Å². The highest BCUT2D eigenvalue weighted by molar-refractivity contribution is 5.79. The maximum Gasteiger partial charge on any atom is 0.224 e. The van der Waals surface area contributed by atoms with Gasteiger partial charge in [-0.05, 0) is 70.0 Å². The van der Waals surface area contributed by atoms with Gasteiger partial charge in [0.25, 0.3) is 0 Å². The highest BCUT2D eigenvalue weighted by Crippen LogP contribution is 2.35. The van der Waals surface area contributed by atoms with Crippen molar-refractivity contribution in [1.82, 2.24) is 10.2 Å². The van der Waals surface area contributed by atoms with Gasteiger partial charge in [0, 0.05) is 18.2 Å². The van der Waals surface area contributed by atoms with Gasteiger partial charge in [0.1, 0.15) is 11.5 Å². The zero-order chi connectivity index (χ0) is 21.5. The number of hydrogen-bond donors (Lipinski definition) is 1. The monoisotopic (exact) mass is 410 g/mol. The van der Waals surface area contributed by atoms with Crippen LogP contribution in [0.4, 0.5) is 0 Å². The van der Waals surface area contributed by atoms with E-state index < -0.39 is 0 Å². The van der Waals surface area contributed by atoms with Gasteiger partial charge < -0.3 is 14.8 Å². The summed E-state index contributed by atoms with van der Waals surface area (Å²) in [5.41, 5.74) is 2.20. The first-order valence-electron chi connectivity index (χ1n) is 10.8. The molecule has 3 rings (SSSR count). The molecule has 1 N–H and O–H groups in total. The molecule has 0 bridgehead atoms. The van der Waals surface area contributed by atoms with Crippen molar-refractivity contribution >= 4 is 5.91 Å². The predicted molar refractivity (Wildman–Crippen MR) is 120 cm³/mol. The van der Waals surface area contributed by atoms with Crippen molar-refractivity contribution in [2.24, 2.45) is 5.92 Å². The van der Waals surface area contributed by atoms with Crippen LogP contribution < -0.4 is 14.8 Å². The summed E-state index contributed by atoms with van der Waals surface area (Å²) in [6.45, 7) is 5.74. The number of hydrogen-bond acceptors (Lipinski definition) is 4. The van der Waals surface area contributed by atoms with E-state index in [0.717, 1.165) is 36.4 Å². The normalized spacial score (nSPS) is 19.5. The Hall–Kier alpha value is -2.53.